The van der Waals surface area contributed by atoms with Crippen LogP contribution in [0.1, 0.15) is 18.4 Å². The van der Waals surface area contributed by atoms with E-state index in [1.54, 1.807) is 0 Å². The molecule has 0 aromatic heterocycles. The fraction of sp³-hybridized carbons (Fsp3) is 0.150. The van der Waals surface area contributed by atoms with Crippen molar-refractivity contribution < 1.29 is 14.0 Å². The molecule has 1 heterocycles. The highest BCUT2D eigenvalue weighted by Crippen LogP contribution is 2.32. The first kappa shape index (κ1) is 20.7. The maximum atomic E-state index is 12.9. The summed E-state index contributed by atoms with van der Waals surface area (Å²) < 4.78 is 14.4. The van der Waals surface area contributed by atoms with Crippen LogP contribution in [0.2, 0.25) is 0 Å². The number of benzene rings is 2. The summed E-state index contributed by atoms with van der Waals surface area (Å²) in [7, 11) is 0. The molecule has 1 aliphatic heterocycles. The molecule has 0 atom stereocenters. The zero-order valence-electron chi connectivity index (χ0n) is 14.7. The number of amides is 2. The van der Waals surface area contributed by atoms with Crippen LogP contribution in [0.3, 0.4) is 0 Å². The summed E-state index contributed by atoms with van der Waals surface area (Å²) in [6.07, 6.45) is 2.53. The second-order valence-electron chi connectivity index (χ2n) is 6.04. The van der Waals surface area contributed by atoms with Gasteiger partial charge in [-0.2, -0.15) is 0 Å². The quantitative estimate of drug-likeness (QED) is 0.457. The molecule has 1 aliphatic rings. The van der Waals surface area contributed by atoms with Gasteiger partial charge in [0.1, 0.15) is 10.1 Å². The van der Waals surface area contributed by atoms with E-state index < -0.39 is 0 Å². The van der Waals surface area contributed by atoms with Gasteiger partial charge in [0, 0.05) is 23.1 Å². The van der Waals surface area contributed by atoms with Crippen molar-refractivity contribution in [1.82, 2.24) is 4.90 Å². The van der Waals surface area contributed by atoms with Crippen molar-refractivity contribution in [3.8, 4) is 0 Å². The third-order valence-electron chi connectivity index (χ3n) is 3.95. The lowest BCUT2D eigenvalue weighted by Crippen LogP contribution is -2.29. The first-order chi connectivity index (χ1) is 13.4. The average Bonchev–Trinajstić information content (AvgIpc) is 2.93. The Morgan fingerprint density at radius 3 is 2.54 bits per heavy atom. The molecule has 1 saturated heterocycles. The summed E-state index contributed by atoms with van der Waals surface area (Å²) in [5.41, 5.74) is 1.46. The topological polar surface area (TPSA) is 49.4 Å². The maximum absolute atomic E-state index is 12.9. The Labute approximate surface area is 180 Å². The third-order valence-corrected chi connectivity index (χ3v) is 5.86. The molecule has 3 rings (SSSR count). The van der Waals surface area contributed by atoms with Gasteiger partial charge in [-0.25, -0.2) is 4.39 Å². The molecule has 0 saturated carbocycles. The lowest BCUT2D eigenvalue weighted by atomic mass is 10.2. The number of thiocarbonyl (C=S) groups is 1. The number of hydrogen-bond donors (Lipinski definition) is 1. The van der Waals surface area contributed by atoms with E-state index in [9.17, 15) is 14.0 Å². The van der Waals surface area contributed by atoms with E-state index in [1.165, 1.54) is 40.9 Å². The Kier molecular flexibility index (Phi) is 6.98. The van der Waals surface area contributed by atoms with E-state index in [1.807, 2.05) is 30.3 Å². The Hall–Kier alpha value is -2.03. The first-order valence-electron chi connectivity index (χ1n) is 8.49. The van der Waals surface area contributed by atoms with Crippen LogP contribution >= 0.6 is 39.9 Å². The molecule has 0 unspecified atom stereocenters. The van der Waals surface area contributed by atoms with E-state index in [2.05, 4.69) is 21.2 Å². The summed E-state index contributed by atoms with van der Waals surface area (Å²) in [4.78, 5) is 26.7. The summed E-state index contributed by atoms with van der Waals surface area (Å²) in [5.74, 6) is -0.692. The highest BCUT2D eigenvalue weighted by Gasteiger charge is 2.31. The monoisotopic (exact) mass is 478 g/mol. The molecule has 28 heavy (non-hydrogen) atoms. The Balaban J connectivity index is 1.52. The summed E-state index contributed by atoms with van der Waals surface area (Å²) >= 11 is 9.96. The molecular formula is C20H16BrFN2O2S2. The van der Waals surface area contributed by atoms with Crippen molar-refractivity contribution in [2.45, 2.75) is 12.8 Å². The lowest BCUT2D eigenvalue weighted by Gasteiger charge is -2.14. The molecule has 0 radical (unpaired) electrons. The van der Waals surface area contributed by atoms with Crippen LogP contribution in [-0.4, -0.2) is 27.6 Å². The van der Waals surface area contributed by atoms with Crippen LogP contribution in [0.4, 0.5) is 10.1 Å². The molecule has 0 spiro atoms. The van der Waals surface area contributed by atoms with E-state index in [0.29, 0.717) is 27.9 Å². The largest absolute Gasteiger partial charge is 0.326 e. The van der Waals surface area contributed by atoms with Gasteiger partial charge in [0.25, 0.3) is 5.91 Å². The molecule has 2 aromatic carbocycles. The Morgan fingerprint density at radius 1 is 1.18 bits per heavy atom. The third kappa shape index (κ3) is 5.50. The molecule has 0 bridgehead atoms. The van der Waals surface area contributed by atoms with Crippen molar-refractivity contribution in [2.24, 2.45) is 0 Å². The van der Waals surface area contributed by atoms with Gasteiger partial charge < -0.3 is 5.32 Å². The minimum atomic E-state index is -0.358. The normalized spacial score (nSPS) is 15.4. The SMILES string of the molecule is O=C(CCCN1C(=O)/C(=C/c2ccc(Br)cc2)SC1=S)Nc1ccc(F)cc1. The summed E-state index contributed by atoms with van der Waals surface area (Å²) in [6, 6.07) is 13.2. The molecule has 4 nitrogen and oxygen atoms in total. The van der Waals surface area contributed by atoms with Crippen molar-refractivity contribution in [3.63, 3.8) is 0 Å². The molecule has 0 aliphatic carbocycles. The molecule has 8 heteroatoms. The standard InChI is InChI=1S/C20H16BrFN2O2S2/c21-14-5-3-13(4-6-14)12-17-19(26)24(20(27)28-17)11-1-2-18(25)23-16-9-7-15(22)8-10-16/h3-10,12H,1-2,11H2,(H,23,25)/b17-12-. The van der Waals surface area contributed by atoms with Crippen molar-refractivity contribution in [2.75, 3.05) is 11.9 Å². The number of thioether (sulfide) groups is 1. The van der Waals surface area contributed by atoms with Gasteiger partial charge in [-0.05, 0) is 54.5 Å². The van der Waals surface area contributed by atoms with Gasteiger partial charge in [-0.3, -0.25) is 14.5 Å². The Bertz CT molecular complexity index is 930. The second kappa shape index (κ2) is 9.45. The number of hydrogen-bond acceptors (Lipinski definition) is 4. The number of nitrogens with zero attached hydrogens (tertiary/aromatic N) is 1. The van der Waals surface area contributed by atoms with Gasteiger partial charge in [0.15, 0.2) is 0 Å². The van der Waals surface area contributed by atoms with Crippen LogP contribution in [0.25, 0.3) is 6.08 Å². The fourth-order valence-electron chi connectivity index (χ4n) is 2.56. The Morgan fingerprint density at radius 2 is 1.86 bits per heavy atom. The van der Waals surface area contributed by atoms with Crippen molar-refractivity contribution >= 4 is 67.8 Å². The van der Waals surface area contributed by atoms with Gasteiger partial charge in [0.2, 0.25) is 5.91 Å². The van der Waals surface area contributed by atoms with Crippen LogP contribution < -0.4 is 5.32 Å². The van der Waals surface area contributed by atoms with E-state index in [0.717, 1.165) is 10.0 Å². The van der Waals surface area contributed by atoms with Crippen LogP contribution in [0, 0.1) is 5.82 Å². The molecule has 1 N–H and O–H groups in total. The number of rotatable bonds is 6. The van der Waals surface area contributed by atoms with E-state index in [4.69, 9.17) is 12.2 Å². The van der Waals surface area contributed by atoms with Gasteiger partial charge in [-0.1, -0.05) is 52.0 Å². The minimum Gasteiger partial charge on any atom is -0.326 e. The maximum Gasteiger partial charge on any atom is 0.266 e. The van der Waals surface area contributed by atoms with Crippen LogP contribution in [0.15, 0.2) is 57.9 Å². The summed E-state index contributed by atoms with van der Waals surface area (Å²) in [6.45, 7) is 0.374. The smallest absolute Gasteiger partial charge is 0.266 e. The predicted molar refractivity (Wildman–Crippen MR) is 118 cm³/mol. The highest BCUT2D eigenvalue weighted by atomic mass is 79.9. The predicted octanol–water partition coefficient (Wildman–Crippen LogP) is 5.21. The number of halogens is 2. The van der Waals surface area contributed by atoms with E-state index in [-0.39, 0.29) is 24.1 Å². The molecule has 2 aromatic rings. The average molecular weight is 479 g/mol. The molecule has 2 amide bonds. The molecule has 1 fully saturated rings. The second-order valence-corrected chi connectivity index (χ2v) is 8.63. The van der Waals surface area contributed by atoms with Gasteiger partial charge in [0.05, 0.1) is 4.91 Å². The lowest BCUT2D eigenvalue weighted by molar-refractivity contribution is -0.122. The molecular weight excluding hydrogens is 463 g/mol. The number of nitrogens with one attached hydrogen (secondary N) is 1. The van der Waals surface area contributed by atoms with Crippen LogP contribution in [0.5, 0.6) is 0 Å². The van der Waals surface area contributed by atoms with Crippen LogP contribution in [-0.2, 0) is 9.59 Å². The van der Waals surface area contributed by atoms with Gasteiger partial charge >= 0.3 is 0 Å². The number of anilines is 1. The highest BCUT2D eigenvalue weighted by molar-refractivity contribution is 9.10. The van der Waals surface area contributed by atoms with E-state index >= 15 is 0 Å². The molecule has 144 valence electrons. The van der Waals surface area contributed by atoms with Crippen molar-refractivity contribution in [1.29, 1.82) is 0 Å². The fourth-order valence-corrected chi connectivity index (χ4v) is 4.13. The van der Waals surface area contributed by atoms with Gasteiger partial charge in [-0.15, -0.1) is 0 Å². The minimum absolute atomic E-state index is 0.142. The number of carbonyl (C=O) groups excluding carboxylic acids is 2. The zero-order valence-corrected chi connectivity index (χ0v) is 17.9. The zero-order chi connectivity index (χ0) is 20.1. The number of carbonyl (C=O) groups is 2. The summed E-state index contributed by atoms with van der Waals surface area (Å²) in [5, 5.41) is 2.70. The first-order valence-corrected chi connectivity index (χ1v) is 10.5. The van der Waals surface area contributed by atoms with Crippen molar-refractivity contribution in [3.05, 3.63) is 69.3 Å².